The van der Waals surface area contributed by atoms with Gasteiger partial charge in [0.2, 0.25) is 0 Å². The van der Waals surface area contributed by atoms with Crippen LogP contribution in [0.2, 0.25) is 0 Å². The molecule has 0 saturated carbocycles. The molecule has 120 valence electrons. The van der Waals surface area contributed by atoms with Crippen LogP contribution in [0.1, 0.15) is 13.8 Å². The Labute approximate surface area is 115 Å². The molecule has 0 radical (unpaired) electrons. The second-order valence-electron chi connectivity index (χ2n) is 3.31. The van der Waals surface area contributed by atoms with E-state index in [1.54, 1.807) is 0 Å². The molecule has 0 saturated heterocycles. The Balaban J connectivity index is 6.22. The summed E-state index contributed by atoms with van der Waals surface area (Å²) >= 11 is 0. The van der Waals surface area contributed by atoms with Crippen LogP contribution in [-0.4, -0.2) is 37.5 Å². The Bertz CT molecular complexity index is 432. The molecule has 0 aliphatic heterocycles. The van der Waals surface area contributed by atoms with Crippen LogP contribution in [-0.2, 0) is 19.1 Å². The molecule has 0 atom stereocenters. The summed E-state index contributed by atoms with van der Waals surface area (Å²) in [5.41, 5.74) is -4.00. The van der Waals surface area contributed by atoms with Crippen molar-refractivity contribution in [2.24, 2.45) is 0 Å². The highest BCUT2D eigenvalue weighted by Gasteiger charge is 2.51. The standard InChI is InChI=1S/C11H10F6O4/c1-3-20-8(18)6(9(19)21-4-2)5-7(10(12,13)14)11(15,16)17/h3-4H2,1-2H3. The highest BCUT2D eigenvalue weighted by atomic mass is 19.4. The van der Waals surface area contributed by atoms with Gasteiger partial charge in [-0.2, -0.15) is 26.3 Å². The van der Waals surface area contributed by atoms with Crippen LogP contribution in [0.3, 0.4) is 0 Å². The van der Waals surface area contributed by atoms with Crippen LogP contribution in [0.4, 0.5) is 26.3 Å². The molecule has 4 nitrogen and oxygen atoms in total. The second-order valence-corrected chi connectivity index (χ2v) is 3.31. The zero-order valence-electron chi connectivity index (χ0n) is 10.8. The fourth-order valence-corrected chi connectivity index (χ4v) is 1.02. The van der Waals surface area contributed by atoms with Crippen molar-refractivity contribution in [3.8, 4) is 0 Å². The average molecular weight is 320 g/mol. The van der Waals surface area contributed by atoms with E-state index in [4.69, 9.17) is 0 Å². The van der Waals surface area contributed by atoms with Crippen molar-refractivity contribution in [3.63, 3.8) is 0 Å². The third kappa shape index (κ3) is 5.90. The maximum atomic E-state index is 12.3. The molecule has 0 spiro atoms. The van der Waals surface area contributed by atoms with Gasteiger partial charge in [0.25, 0.3) is 0 Å². The summed E-state index contributed by atoms with van der Waals surface area (Å²) in [4.78, 5) is 22.6. The quantitative estimate of drug-likeness (QED) is 0.200. The second kappa shape index (κ2) is 7.16. The van der Waals surface area contributed by atoms with Crippen LogP contribution in [0, 0.1) is 0 Å². The molecular weight excluding hydrogens is 310 g/mol. The van der Waals surface area contributed by atoms with Crippen molar-refractivity contribution in [1.29, 1.82) is 0 Å². The summed E-state index contributed by atoms with van der Waals surface area (Å²) in [6.45, 7) is 1.77. The Morgan fingerprint density at radius 1 is 0.857 bits per heavy atom. The van der Waals surface area contributed by atoms with E-state index in [1.165, 1.54) is 13.8 Å². The number of hydrogen-bond acceptors (Lipinski definition) is 4. The molecule has 0 aromatic carbocycles. The lowest BCUT2D eigenvalue weighted by Gasteiger charge is -2.13. The number of halogens is 6. The van der Waals surface area contributed by atoms with Crippen LogP contribution in [0.25, 0.3) is 0 Å². The Kier molecular flexibility index (Phi) is 6.50. The molecule has 0 aromatic rings. The molecule has 0 unspecified atom stereocenters. The van der Waals surface area contributed by atoms with Gasteiger partial charge < -0.3 is 9.47 Å². The number of carbonyl (C=O) groups excluding carboxylic acids is 2. The molecule has 0 heterocycles. The van der Waals surface area contributed by atoms with Gasteiger partial charge in [-0.15, -0.1) is 0 Å². The van der Waals surface area contributed by atoms with Gasteiger partial charge in [-0.3, -0.25) is 0 Å². The molecule has 21 heavy (non-hydrogen) atoms. The fourth-order valence-electron chi connectivity index (χ4n) is 1.02. The summed E-state index contributed by atoms with van der Waals surface area (Å²) in [7, 11) is 0. The first-order valence-electron chi connectivity index (χ1n) is 5.44. The molecular formula is C11H10F6O4. The predicted octanol–water partition coefficient (Wildman–Crippen LogP) is 2.69. The highest BCUT2D eigenvalue weighted by Crippen LogP contribution is 2.38. The molecule has 0 aromatic heterocycles. The Hall–Kier alpha value is -1.96. The largest absolute Gasteiger partial charge is 0.462 e. The first-order valence-corrected chi connectivity index (χ1v) is 5.44. The third-order valence-corrected chi connectivity index (χ3v) is 1.78. The molecule has 0 amide bonds. The summed E-state index contributed by atoms with van der Waals surface area (Å²) in [6.07, 6.45) is -11.7. The normalized spacial score (nSPS) is 11.4. The maximum Gasteiger partial charge on any atom is 0.428 e. The minimum absolute atomic E-state index is 0.364. The number of ether oxygens (including phenoxy) is 2. The first-order chi connectivity index (χ1) is 9.45. The van der Waals surface area contributed by atoms with Crippen LogP contribution in [0.15, 0.2) is 16.9 Å². The molecule has 0 N–H and O–H groups in total. The zero-order chi connectivity index (χ0) is 16.8. The maximum absolute atomic E-state index is 12.3. The summed E-state index contributed by atoms with van der Waals surface area (Å²) in [5, 5.41) is 0. The topological polar surface area (TPSA) is 52.6 Å². The number of rotatable bonds is 4. The number of esters is 2. The Morgan fingerprint density at radius 3 is 1.43 bits per heavy atom. The zero-order valence-corrected chi connectivity index (χ0v) is 10.8. The number of alkyl halides is 6. The average Bonchev–Trinajstić information content (AvgIpc) is 2.26. The number of hydrogen-bond donors (Lipinski definition) is 0. The van der Waals surface area contributed by atoms with Crippen molar-refractivity contribution in [3.05, 3.63) is 16.9 Å². The van der Waals surface area contributed by atoms with Crippen LogP contribution < -0.4 is 0 Å². The molecule has 0 rings (SSSR count). The van der Waals surface area contributed by atoms with Crippen molar-refractivity contribution in [2.45, 2.75) is 26.2 Å². The van der Waals surface area contributed by atoms with Gasteiger partial charge in [0, 0.05) is 0 Å². The summed E-state index contributed by atoms with van der Waals surface area (Å²) < 4.78 is 82.4. The lowest BCUT2D eigenvalue weighted by atomic mass is 10.2. The predicted molar refractivity (Wildman–Crippen MR) is 55.9 cm³/mol. The van der Waals surface area contributed by atoms with Crippen molar-refractivity contribution < 1.29 is 45.4 Å². The monoisotopic (exact) mass is 320 g/mol. The van der Waals surface area contributed by atoms with Gasteiger partial charge in [-0.05, 0) is 13.8 Å². The van der Waals surface area contributed by atoms with Gasteiger partial charge in [0.15, 0.2) is 11.1 Å². The molecule has 0 bridgehead atoms. The molecule has 0 aliphatic rings. The van der Waals surface area contributed by atoms with E-state index >= 15 is 0 Å². The van der Waals surface area contributed by atoms with E-state index in [0.29, 0.717) is 0 Å². The van der Waals surface area contributed by atoms with E-state index in [2.05, 4.69) is 9.47 Å². The minimum atomic E-state index is -5.86. The lowest BCUT2D eigenvalue weighted by Crippen LogP contribution is -2.26. The van der Waals surface area contributed by atoms with Crippen LogP contribution >= 0.6 is 0 Å². The first kappa shape index (κ1) is 19.0. The van der Waals surface area contributed by atoms with E-state index < -0.39 is 35.4 Å². The molecule has 10 heteroatoms. The summed E-state index contributed by atoms with van der Waals surface area (Å²) in [6, 6.07) is 0. The van der Waals surface area contributed by atoms with Gasteiger partial charge in [-0.1, -0.05) is 5.73 Å². The van der Waals surface area contributed by atoms with Gasteiger partial charge in [-0.25, -0.2) is 9.59 Å². The van der Waals surface area contributed by atoms with Crippen molar-refractivity contribution >= 4 is 11.9 Å². The van der Waals surface area contributed by atoms with E-state index in [9.17, 15) is 35.9 Å². The summed E-state index contributed by atoms with van der Waals surface area (Å²) in [5.74, 6) is -3.39. The fraction of sp³-hybridized carbons (Fsp3) is 0.545. The number of carbonyl (C=O) groups is 2. The van der Waals surface area contributed by atoms with Crippen LogP contribution in [0.5, 0.6) is 0 Å². The van der Waals surface area contributed by atoms with E-state index in [0.717, 1.165) is 5.73 Å². The Morgan fingerprint density at radius 2 is 1.19 bits per heavy atom. The van der Waals surface area contributed by atoms with Gasteiger partial charge in [0.1, 0.15) is 0 Å². The smallest absolute Gasteiger partial charge is 0.428 e. The SMILES string of the molecule is CCOC(=O)C(=C=C(C(F)(F)F)C(F)(F)F)C(=O)OCC. The van der Waals surface area contributed by atoms with E-state index in [1.807, 2.05) is 0 Å². The van der Waals surface area contributed by atoms with Gasteiger partial charge in [0.05, 0.1) is 13.2 Å². The molecule has 0 fully saturated rings. The van der Waals surface area contributed by atoms with Gasteiger partial charge >= 0.3 is 24.3 Å². The van der Waals surface area contributed by atoms with Crippen molar-refractivity contribution in [1.82, 2.24) is 0 Å². The third-order valence-electron chi connectivity index (χ3n) is 1.78. The molecule has 0 aliphatic carbocycles. The van der Waals surface area contributed by atoms with Crippen molar-refractivity contribution in [2.75, 3.05) is 13.2 Å². The minimum Gasteiger partial charge on any atom is -0.462 e. The van der Waals surface area contributed by atoms with E-state index in [-0.39, 0.29) is 13.2 Å². The highest BCUT2D eigenvalue weighted by molar-refractivity contribution is 6.13. The lowest BCUT2D eigenvalue weighted by molar-refractivity contribution is -0.171.